The SMILES string of the molecule is COc1ccc(-c2cccnc2)cc1SNc1cccc(NCCNC(=O)c2ccccc2OC)c1. The third-order valence-electron chi connectivity index (χ3n) is 5.39. The lowest BCUT2D eigenvalue weighted by atomic mass is 10.1. The zero-order valence-corrected chi connectivity index (χ0v) is 21.0. The standard InChI is InChI=1S/C28H28N4O3S/c1-34-25-11-4-3-10-24(25)28(33)31-16-15-30-22-8-5-9-23(18-22)32-36-27-17-20(12-13-26(27)35-2)21-7-6-14-29-19-21/h3-14,17-19,30,32H,15-16H2,1-2H3,(H,31,33). The predicted molar refractivity (Wildman–Crippen MR) is 146 cm³/mol. The average molecular weight is 501 g/mol. The molecule has 0 spiro atoms. The van der Waals surface area contributed by atoms with Crippen LogP contribution in [0.3, 0.4) is 0 Å². The van der Waals surface area contributed by atoms with E-state index in [0.29, 0.717) is 24.4 Å². The van der Waals surface area contributed by atoms with Crippen LogP contribution in [0.1, 0.15) is 10.4 Å². The van der Waals surface area contributed by atoms with Crippen LogP contribution >= 0.6 is 11.9 Å². The van der Waals surface area contributed by atoms with Crippen LogP contribution < -0.4 is 24.8 Å². The highest BCUT2D eigenvalue weighted by Crippen LogP contribution is 2.34. The van der Waals surface area contributed by atoms with Crippen molar-refractivity contribution in [3.63, 3.8) is 0 Å². The molecule has 0 atom stereocenters. The minimum atomic E-state index is -0.163. The highest BCUT2D eigenvalue weighted by atomic mass is 32.2. The number of benzene rings is 3. The van der Waals surface area contributed by atoms with Crippen molar-refractivity contribution in [3.05, 3.63) is 96.8 Å². The molecule has 0 bridgehead atoms. The minimum absolute atomic E-state index is 0.163. The fourth-order valence-electron chi connectivity index (χ4n) is 3.59. The Bertz CT molecular complexity index is 1300. The Morgan fingerprint density at radius 1 is 0.833 bits per heavy atom. The topological polar surface area (TPSA) is 84.5 Å². The lowest BCUT2D eigenvalue weighted by molar-refractivity contribution is 0.0952. The Labute approximate surface area is 215 Å². The summed E-state index contributed by atoms with van der Waals surface area (Å²) in [4.78, 5) is 17.6. The molecule has 0 radical (unpaired) electrons. The first kappa shape index (κ1) is 24.9. The van der Waals surface area contributed by atoms with Crippen molar-refractivity contribution in [2.24, 2.45) is 0 Å². The molecule has 4 rings (SSSR count). The van der Waals surface area contributed by atoms with Gasteiger partial charge in [-0.3, -0.25) is 9.78 Å². The molecule has 3 N–H and O–H groups in total. The van der Waals surface area contributed by atoms with Crippen molar-refractivity contribution in [1.82, 2.24) is 10.3 Å². The Balaban J connectivity index is 1.32. The highest BCUT2D eigenvalue weighted by Gasteiger charge is 2.11. The van der Waals surface area contributed by atoms with Gasteiger partial charge in [-0.2, -0.15) is 0 Å². The second-order valence-electron chi connectivity index (χ2n) is 7.78. The number of pyridine rings is 1. The number of rotatable bonds is 11. The van der Waals surface area contributed by atoms with Gasteiger partial charge in [0.2, 0.25) is 0 Å². The molecule has 0 fully saturated rings. The third kappa shape index (κ3) is 6.49. The molecule has 184 valence electrons. The van der Waals surface area contributed by atoms with Gasteiger partial charge in [-0.25, -0.2) is 0 Å². The van der Waals surface area contributed by atoms with Gasteiger partial charge < -0.3 is 24.8 Å². The molecular formula is C28H28N4O3S. The van der Waals surface area contributed by atoms with E-state index in [0.717, 1.165) is 33.1 Å². The van der Waals surface area contributed by atoms with Crippen LogP contribution in [0.25, 0.3) is 11.1 Å². The summed E-state index contributed by atoms with van der Waals surface area (Å²) < 4.78 is 14.2. The molecule has 1 heterocycles. The molecule has 3 aromatic carbocycles. The van der Waals surface area contributed by atoms with Crippen molar-refractivity contribution in [2.45, 2.75) is 4.90 Å². The molecule has 1 aromatic heterocycles. The van der Waals surface area contributed by atoms with Crippen molar-refractivity contribution in [3.8, 4) is 22.6 Å². The van der Waals surface area contributed by atoms with Gasteiger partial charge in [-0.15, -0.1) is 0 Å². The number of anilines is 2. The van der Waals surface area contributed by atoms with Crippen LogP contribution in [-0.4, -0.2) is 38.2 Å². The van der Waals surface area contributed by atoms with E-state index in [-0.39, 0.29) is 5.91 Å². The third-order valence-corrected chi connectivity index (χ3v) is 6.27. The zero-order chi connectivity index (χ0) is 25.2. The van der Waals surface area contributed by atoms with Crippen LogP contribution in [0.5, 0.6) is 11.5 Å². The number of amides is 1. The van der Waals surface area contributed by atoms with Gasteiger partial charge in [0.25, 0.3) is 5.91 Å². The van der Waals surface area contributed by atoms with Crippen LogP contribution in [-0.2, 0) is 0 Å². The average Bonchev–Trinajstić information content (AvgIpc) is 2.94. The molecule has 8 heteroatoms. The second kappa shape index (κ2) is 12.5. The quantitative estimate of drug-likeness (QED) is 0.179. The first-order valence-corrected chi connectivity index (χ1v) is 12.3. The molecule has 1 amide bonds. The number of para-hydroxylation sites is 1. The lowest BCUT2D eigenvalue weighted by Crippen LogP contribution is -2.29. The van der Waals surface area contributed by atoms with Crippen molar-refractivity contribution >= 4 is 29.2 Å². The number of nitrogens with one attached hydrogen (secondary N) is 3. The molecule has 0 aliphatic rings. The predicted octanol–water partition coefficient (Wildman–Crippen LogP) is 5.73. The largest absolute Gasteiger partial charge is 0.496 e. The Hall–Kier alpha value is -4.17. The second-order valence-corrected chi connectivity index (χ2v) is 8.62. The van der Waals surface area contributed by atoms with Crippen LogP contribution in [0.4, 0.5) is 11.4 Å². The Morgan fingerprint density at radius 3 is 2.47 bits per heavy atom. The first-order chi connectivity index (χ1) is 17.7. The summed E-state index contributed by atoms with van der Waals surface area (Å²) in [5.74, 6) is 1.19. The summed E-state index contributed by atoms with van der Waals surface area (Å²) in [5.41, 5.74) is 4.52. The smallest absolute Gasteiger partial charge is 0.255 e. The van der Waals surface area contributed by atoms with E-state index in [2.05, 4.69) is 26.4 Å². The molecule has 36 heavy (non-hydrogen) atoms. The van der Waals surface area contributed by atoms with E-state index < -0.39 is 0 Å². The Morgan fingerprint density at radius 2 is 1.67 bits per heavy atom. The monoisotopic (exact) mass is 500 g/mol. The fraction of sp³-hybridized carbons (Fsp3) is 0.143. The van der Waals surface area contributed by atoms with Crippen LogP contribution in [0.2, 0.25) is 0 Å². The molecule has 0 saturated carbocycles. The van der Waals surface area contributed by atoms with E-state index in [9.17, 15) is 4.79 Å². The number of carbonyl (C=O) groups excluding carboxylic acids is 1. The lowest BCUT2D eigenvalue weighted by Gasteiger charge is -2.13. The number of ether oxygens (including phenoxy) is 2. The number of nitrogens with zero attached hydrogens (tertiary/aromatic N) is 1. The summed E-state index contributed by atoms with van der Waals surface area (Å²) in [5, 5.41) is 6.26. The maximum atomic E-state index is 12.4. The van der Waals surface area contributed by atoms with Crippen molar-refractivity contribution in [2.75, 3.05) is 37.3 Å². The Kier molecular flexibility index (Phi) is 8.67. The van der Waals surface area contributed by atoms with E-state index >= 15 is 0 Å². The number of hydrogen-bond donors (Lipinski definition) is 3. The summed E-state index contributed by atoms with van der Waals surface area (Å²) in [6.07, 6.45) is 3.61. The van der Waals surface area contributed by atoms with Gasteiger partial charge >= 0.3 is 0 Å². The molecule has 7 nitrogen and oxygen atoms in total. The van der Waals surface area contributed by atoms with E-state index in [1.165, 1.54) is 11.9 Å². The summed E-state index contributed by atoms with van der Waals surface area (Å²) >= 11 is 1.48. The molecule has 0 unspecified atom stereocenters. The maximum Gasteiger partial charge on any atom is 0.255 e. The summed E-state index contributed by atoms with van der Waals surface area (Å²) in [6.45, 7) is 1.06. The first-order valence-electron chi connectivity index (χ1n) is 11.4. The van der Waals surface area contributed by atoms with E-state index in [1.807, 2.05) is 66.9 Å². The molecule has 0 saturated heterocycles. The van der Waals surface area contributed by atoms with Gasteiger partial charge in [0.15, 0.2) is 0 Å². The molecular weight excluding hydrogens is 472 g/mol. The maximum absolute atomic E-state index is 12.4. The highest BCUT2D eigenvalue weighted by molar-refractivity contribution is 8.00. The molecule has 4 aromatic rings. The zero-order valence-electron chi connectivity index (χ0n) is 20.2. The van der Waals surface area contributed by atoms with E-state index in [4.69, 9.17) is 9.47 Å². The fourth-order valence-corrected chi connectivity index (χ4v) is 4.38. The normalized spacial score (nSPS) is 10.4. The number of aromatic nitrogens is 1. The minimum Gasteiger partial charge on any atom is -0.496 e. The summed E-state index contributed by atoms with van der Waals surface area (Å²) in [6, 6.07) is 25.2. The summed E-state index contributed by atoms with van der Waals surface area (Å²) in [7, 11) is 3.22. The van der Waals surface area contributed by atoms with Gasteiger partial charge in [-0.1, -0.05) is 30.3 Å². The number of carbonyl (C=O) groups is 1. The van der Waals surface area contributed by atoms with Gasteiger partial charge in [0, 0.05) is 42.4 Å². The van der Waals surface area contributed by atoms with Crippen molar-refractivity contribution in [1.29, 1.82) is 0 Å². The van der Waals surface area contributed by atoms with Crippen molar-refractivity contribution < 1.29 is 14.3 Å². The van der Waals surface area contributed by atoms with Gasteiger partial charge in [0.1, 0.15) is 11.5 Å². The number of hydrogen-bond acceptors (Lipinski definition) is 7. The van der Waals surface area contributed by atoms with Gasteiger partial charge in [0.05, 0.1) is 24.7 Å². The van der Waals surface area contributed by atoms with Crippen LogP contribution in [0.15, 0.2) is 96.2 Å². The van der Waals surface area contributed by atoms with Crippen LogP contribution in [0, 0.1) is 0 Å². The van der Waals surface area contributed by atoms with Gasteiger partial charge in [-0.05, 0) is 66.0 Å². The molecule has 0 aliphatic carbocycles. The molecule has 0 aliphatic heterocycles. The van der Waals surface area contributed by atoms with E-state index in [1.54, 1.807) is 32.5 Å². The number of methoxy groups -OCH3 is 2.